The first-order valence-corrected chi connectivity index (χ1v) is 7.15. The molecule has 0 unspecified atom stereocenters. The second kappa shape index (κ2) is 6.31. The van der Waals surface area contributed by atoms with Crippen LogP contribution in [0.1, 0.15) is 23.0 Å². The number of benzene rings is 1. The standard InChI is InChI=1S/C13H14N4O3S/c1-3-14-10-6-9(4-5-11(10)17(19)20)12(18)16-13-15-8(2)7-21-13/h4-7,14H,3H2,1-2H3,(H,15,16,18). The van der Waals surface area contributed by atoms with Gasteiger partial charge in [0.2, 0.25) is 0 Å². The molecule has 1 aromatic heterocycles. The molecule has 0 fully saturated rings. The van der Waals surface area contributed by atoms with E-state index in [9.17, 15) is 14.9 Å². The molecule has 7 nitrogen and oxygen atoms in total. The minimum atomic E-state index is -0.482. The Labute approximate surface area is 125 Å². The smallest absolute Gasteiger partial charge is 0.292 e. The highest BCUT2D eigenvalue weighted by Gasteiger charge is 2.17. The summed E-state index contributed by atoms with van der Waals surface area (Å²) in [7, 11) is 0. The van der Waals surface area contributed by atoms with E-state index in [2.05, 4.69) is 15.6 Å². The third kappa shape index (κ3) is 3.54. The quantitative estimate of drug-likeness (QED) is 0.653. The lowest BCUT2D eigenvalue weighted by Crippen LogP contribution is -2.12. The van der Waals surface area contributed by atoms with Crippen LogP contribution >= 0.6 is 11.3 Å². The molecule has 0 aliphatic rings. The van der Waals surface area contributed by atoms with Crippen molar-refractivity contribution in [1.82, 2.24) is 4.98 Å². The summed E-state index contributed by atoms with van der Waals surface area (Å²) < 4.78 is 0. The molecule has 0 saturated carbocycles. The summed E-state index contributed by atoms with van der Waals surface area (Å²) in [6.45, 7) is 4.19. The van der Waals surface area contributed by atoms with Crippen LogP contribution in [0.3, 0.4) is 0 Å². The highest BCUT2D eigenvalue weighted by atomic mass is 32.1. The fourth-order valence-electron chi connectivity index (χ4n) is 1.75. The van der Waals surface area contributed by atoms with Gasteiger partial charge in [0.25, 0.3) is 11.6 Å². The van der Waals surface area contributed by atoms with Crippen molar-refractivity contribution in [2.75, 3.05) is 17.2 Å². The molecule has 0 saturated heterocycles. The van der Waals surface area contributed by atoms with Crippen molar-refractivity contribution in [3.8, 4) is 0 Å². The zero-order chi connectivity index (χ0) is 15.4. The first-order valence-electron chi connectivity index (χ1n) is 6.27. The highest BCUT2D eigenvalue weighted by molar-refractivity contribution is 7.13. The molecule has 0 aliphatic carbocycles. The van der Waals surface area contributed by atoms with E-state index in [4.69, 9.17) is 0 Å². The van der Waals surface area contributed by atoms with Crippen molar-refractivity contribution in [3.05, 3.63) is 45.0 Å². The summed E-state index contributed by atoms with van der Waals surface area (Å²) in [4.78, 5) is 26.7. The third-order valence-electron chi connectivity index (χ3n) is 2.66. The van der Waals surface area contributed by atoms with Gasteiger partial charge in [0.05, 0.1) is 10.6 Å². The van der Waals surface area contributed by atoms with Crippen molar-refractivity contribution in [2.45, 2.75) is 13.8 Å². The highest BCUT2D eigenvalue weighted by Crippen LogP contribution is 2.26. The van der Waals surface area contributed by atoms with Crippen LogP contribution in [0.5, 0.6) is 0 Å². The van der Waals surface area contributed by atoms with Crippen LogP contribution in [0, 0.1) is 17.0 Å². The van der Waals surface area contributed by atoms with E-state index < -0.39 is 4.92 Å². The molecule has 1 heterocycles. The summed E-state index contributed by atoms with van der Waals surface area (Å²) in [5.74, 6) is -0.349. The van der Waals surface area contributed by atoms with E-state index in [0.29, 0.717) is 22.9 Å². The van der Waals surface area contributed by atoms with E-state index in [1.807, 2.05) is 19.2 Å². The maximum Gasteiger partial charge on any atom is 0.292 e. The van der Waals surface area contributed by atoms with Gasteiger partial charge in [-0.2, -0.15) is 0 Å². The van der Waals surface area contributed by atoms with Crippen LogP contribution in [0.25, 0.3) is 0 Å². The summed E-state index contributed by atoms with van der Waals surface area (Å²) in [5.41, 5.74) is 1.43. The molecule has 1 amide bonds. The minimum Gasteiger partial charge on any atom is -0.380 e. The van der Waals surface area contributed by atoms with Crippen LogP contribution in [0.2, 0.25) is 0 Å². The average molecular weight is 306 g/mol. The maximum absolute atomic E-state index is 12.1. The molecule has 2 N–H and O–H groups in total. The Morgan fingerprint density at radius 2 is 2.24 bits per heavy atom. The third-order valence-corrected chi connectivity index (χ3v) is 3.54. The number of nitrogens with one attached hydrogen (secondary N) is 2. The van der Waals surface area contributed by atoms with Crippen molar-refractivity contribution in [3.63, 3.8) is 0 Å². The number of nitrogens with zero attached hydrogens (tertiary/aromatic N) is 2. The van der Waals surface area contributed by atoms with E-state index in [1.165, 1.54) is 29.5 Å². The first-order chi connectivity index (χ1) is 10.0. The molecule has 0 aliphatic heterocycles. The summed E-state index contributed by atoms with van der Waals surface area (Å²) in [5, 5.41) is 18.8. The van der Waals surface area contributed by atoms with Gasteiger partial charge < -0.3 is 5.32 Å². The van der Waals surface area contributed by atoms with E-state index >= 15 is 0 Å². The number of anilines is 2. The summed E-state index contributed by atoms with van der Waals surface area (Å²) in [6.07, 6.45) is 0. The molecule has 0 spiro atoms. The number of hydrogen-bond acceptors (Lipinski definition) is 6. The number of amides is 1. The van der Waals surface area contributed by atoms with Gasteiger partial charge in [0.1, 0.15) is 5.69 Å². The Bertz CT molecular complexity index is 684. The number of nitro benzene ring substituents is 1. The van der Waals surface area contributed by atoms with Gasteiger partial charge in [0, 0.05) is 23.6 Å². The molecule has 21 heavy (non-hydrogen) atoms. The Hall–Kier alpha value is -2.48. The normalized spacial score (nSPS) is 10.2. The fourth-order valence-corrected chi connectivity index (χ4v) is 2.43. The SMILES string of the molecule is CCNc1cc(C(=O)Nc2nc(C)cs2)ccc1[N+](=O)[O-]. The fraction of sp³-hybridized carbons (Fsp3) is 0.231. The van der Waals surface area contributed by atoms with Crippen molar-refractivity contribution in [1.29, 1.82) is 0 Å². The molecular weight excluding hydrogens is 292 g/mol. The molecule has 2 aromatic rings. The largest absolute Gasteiger partial charge is 0.380 e. The van der Waals surface area contributed by atoms with Gasteiger partial charge in [-0.25, -0.2) is 4.98 Å². The zero-order valence-corrected chi connectivity index (χ0v) is 12.4. The zero-order valence-electron chi connectivity index (χ0n) is 11.5. The molecule has 1 aromatic carbocycles. The van der Waals surface area contributed by atoms with Gasteiger partial charge in [-0.05, 0) is 26.0 Å². The van der Waals surface area contributed by atoms with E-state index in [0.717, 1.165) is 5.69 Å². The van der Waals surface area contributed by atoms with Crippen LogP contribution in [0.15, 0.2) is 23.6 Å². The molecule has 2 rings (SSSR count). The minimum absolute atomic E-state index is 0.0570. The average Bonchev–Trinajstić information content (AvgIpc) is 2.84. The van der Waals surface area contributed by atoms with Crippen LogP contribution in [-0.4, -0.2) is 22.4 Å². The first kappa shape index (κ1) is 14.9. The van der Waals surface area contributed by atoms with Crippen molar-refractivity contribution < 1.29 is 9.72 Å². The van der Waals surface area contributed by atoms with Crippen molar-refractivity contribution in [2.24, 2.45) is 0 Å². The Morgan fingerprint density at radius 3 is 2.81 bits per heavy atom. The van der Waals surface area contributed by atoms with Gasteiger partial charge in [0.15, 0.2) is 5.13 Å². The number of rotatable bonds is 5. The predicted octanol–water partition coefficient (Wildman–Crippen LogP) is 3.04. The van der Waals surface area contributed by atoms with Gasteiger partial charge in [-0.15, -0.1) is 11.3 Å². The Balaban J connectivity index is 2.24. The second-order valence-corrected chi connectivity index (χ2v) is 5.13. The topological polar surface area (TPSA) is 97.2 Å². The lowest BCUT2D eigenvalue weighted by molar-refractivity contribution is -0.384. The molecular formula is C13H14N4O3S. The van der Waals surface area contributed by atoms with E-state index in [-0.39, 0.29) is 11.6 Å². The van der Waals surface area contributed by atoms with Gasteiger partial charge >= 0.3 is 0 Å². The lowest BCUT2D eigenvalue weighted by atomic mass is 10.1. The number of carbonyl (C=O) groups excluding carboxylic acids is 1. The second-order valence-electron chi connectivity index (χ2n) is 4.27. The molecule has 0 bridgehead atoms. The van der Waals surface area contributed by atoms with Gasteiger partial charge in [-0.1, -0.05) is 0 Å². The summed E-state index contributed by atoms with van der Waals surface area (Å²) in [6, 6.07) is 4.21. The van der Waals surface area contributed by atoms with E-state index in [1.54, 1.807) is 0 Å². The predicted molar refractivity (Wildman–Crippen MR) is 82.1 cm³/mol. The Morgan fingerprint density at radius 1 is 1.48 bits per heavy atom. The van der Waals surface area contributed by atoms with Gasteiger partial charge in [-0.3, -0.25) is 20.2 Å². The summed E-state index contributed by atoms with van der Waals surface area (Å²) >= 11 is 1.33. The number of aromatic nitrogens is 1. The Kier molecular flexibility index (Phi) is 4.49. The molecule has 110 valence electrons. The number of hydrogen-bond donors (Lipinski definition) is 2. The monoisotopic (exact) mass is 306 g/mol. The number of aryl methyl sites for hydroxylation is 1. The van der Waals surface area contributed by atoms with Crippen LogP contribution < -0.4 is 10.6 Å². The van der Waals surface area contributed by atoms with Crippen LogP contribution in [-0.2, 0) is 0 Å². The molecule has 0 atom stereocenters. The maximum atomic E-state index is 12.1. The molecule has 8 heteroatoms. The lowest BCUT2D eigenvalue weighted by Gasteiger charge is -2.07. The number of thiazole rings is 1. The number of carbonyl (C=O) groups is 1. The number of nitro groups is 1. The molecule has 0 radical (unpaired) electrons. The van der Waals surface area contributed by atoms with Crippen LogP contribution in [0.4, 0.5) is 16.5 Å². The van der Waals surface area contributed by atoms with Crippen molar-refractivity contribution >= 4 is 33.8 Å².